The number of aromatic nitrogens is 2. The predicted molar refractivity (Wildman–Crippen MR) is 67.9 cm³/mol. The van der Waals surface area contributed by atoms with Crippen LogP contribution >= 0.6 is 11.6 Å². The lowest BCUT2D eigenvalue weighted by atomic mass is 9.93. The minimum Gasteiger partial charge on any atom is -0.368 e. The summed E-state index contributed by atoms with van der Waals surface area (Å²) < 4.78 is 0. The molecule has 0 aromatic carbocycles. The molecule has 5 heteroatoms. The fraction of sp³-hybridized carbons (Fsp3) is 0.636. The fourth-order valence-electron chi connectivity index (χ4n) is 1.67. The lowest BCUT2D eigenvalue weighted by Gasteiger charge is -2.28. The van der Waals surface area contributed by atoms with Gasteiger partial charge in [-0.3, -0.25) is 4.98 Å². The van der Waals surface area contributed by atoms with E-state index >= 15 is 0 Å². The van der Waals surface area contributed by atoms with Crippen LogP contribution in [0.4, 0.5) is 5.82 Å². The molecule has 0 unspecified atom stereocenters. The van der Waals surface area contributed by atoms with Crippen LogP contribution in [-0.2, 0) is 0 Å². The normalized spacial score (nSPS) is 11.9. The summed E-state index contributed by atoms with van der Waals surface area (Å²) in [6.45, 7) is 6.25. The monoisotopic (exact) mass is 242 g/mol. The number of halogens is 1. The van der Waals surface area contributed by atoms with Crippen molar-refractivity contribution >= 4 is 17.4 Å². The highest BCUT2D eigenvalue weighted by atomic mass is 35.5. The Morgan fingerprint density at radius 3 is 2.62 bits per heavy atom. The first kappa shape index (κ1) is 13.2. The van der Waals surface area contributed by atoms with E-state index in [0.29, 0.717) is 5.15 Å². The van der Waals surface area contributed by atoms with E-state index in [1.807, 2.05) is 0 Å². The molecule has 1 heterocycles. The van der Waals surface area contributed by atoms with Gasteiger partial charge in [0.2, 0.25) is 0 Å². The van der Waals surface area contributed by atoms with Crippen LogP contribution in [0.25, 0.3) is 0 Å². The summed E-state index contributed by atoms with van der Waals surface area (Å²) in [6.07, 6.45) is 3.20. The van der Waals surface area contributed by atoms with E-state index in [2.05, 4.69) is 48.1 Å². The minimum atomic E-state index is 0.174. The van der Waals surface area contributed by atoms with Crippen LogP contribution in [0, 0.1) is 5.41 Å². The maximum Gasteiger partial charge on any atom is 0.149 e. The second-order valence-corrected chi connectivity index (χ2v) is 5.37. The number of hydrogen-bond donors (Lipinski definition) is 1. The fourth-order valence-corrected chi connectivity index (χ4v) is 1.82. The first-order chi connectivity index (χ1) is 7.39. The third-order valence-corrected chi connectivity index (χ3v) is 2.28. The molecule has 0 saturated heterocycles. The van der Waals surface area contributed by atoms with Crippen molar-refractivity contribution in [3.05, 3.63) is 17.5 Å². The molecule has 1 N–H and O–H groups in total. The molecule has 0 saturated carbocycles. The molecular formula is C11H19ClN4. The smallest absolute Gasteiger partial charge is 0.149 e. The van der Waals surface area contributed by atoms with Crippen molar-refractivity contribution in [2.75, 3.05) is 32.5 Å². The van der Waals surface area contributed by atoms with E-state index in [-0.39, 0.29) is 5.41 Å². The Labute approximate surface area is 102 Å². The van der Waals surface area contributed by atoms with Gasteiger partial charge in [0.25, 0.3) is 0 Å². The average molecular weight is 243 g/mol. The van der Waals surface area contributed by atoms with Crippen LogP contribution in [0.3, 0.4) is 0 Å². The zero-order valence-electron chi connectivity index (χ0n) is 10.3. The topological polar surface area (TPSA) is 41.0 Å². The van der Waals surface area contributed by atoms with Crippen molar-refractivity contribution in [3.8, 4) is 0 Å². The van der Waals surface area contributed by atoms with E-state index in [0.717, 1.165) is 18.9 Å². The zero-order chi connectivity index (χ0) is 12.2. The molecule has 0 radical (unpaired) electrons. The summed E-state index contributed by atoms with van der Waals surface area (Å²) in [7, 11) is 4.14. The maximum atomic E-state index is 5.76. The highest BCUT2D eigenvalue weighted by Gasteiger charge is 2.18. The molecule has 1 aromatic heterocycles. The molecule has 90 valence electrons. The van der Waals surface area contributed by atoms with Gasteiger partial charge in [-0.2, -0.15) is 0 Å². The number of anilines is 1. The molecule has 16 heavy (non-hydrogen) atoms. The summed E-state index contributed by atoms with van der Waals surface area (Å²) >= 11 is 5.76. The Morgan fingerprint density at radius 1 is 1.38 bits per heavy atom. The average Bonchev–Trinajstić information content (AvgIpc) is 2.13. The van der Waals surface area contributed by atoms with Gasteiger partial charge >= 0.3 is 0 Å². The highest BCUT2D eigenvalue weighted by molar-refractivity contribution is 6.29. The van der Waals surface area contributed by atoms with Gasteiger partial charge in [-0.25, -0.2) is 4.98 Å². The van der Waals surface area contributed by atoms with Gasteiger partial charge in [0.1, 0.15) is 11.0 Å². The Balaban J connectivity index is 2.50. The molecule has 0 atom stereocenters. The molecule has 0 aliphatic rings. The van der Waals surface area contributed by atoms with Gasteiger partial charge in [0.05, 0.1) is 12.4 Å². The van der Waals surface area contributed by atoms with Gasteiger partial charge in [0.15, 0.2) is 0 Å². The van der Waals surface area contributed by atoms with Crippen LogP contribution in [-0.4, -0.2) is 42.1 Å². The second kappa shape index (κ2) is 5.46. The summed E-state index contributed by atoms with van der Waals surface area (Å²) in [5.74, 6) is 0.722. The van der Waals surface area contributed by atoms with E-state index in [4.69, 9.17) is 11.6 Å². The van der Waals surface area contributed by atoms with Crippen molar-refractivity contribution in [1.82, 2.24) is 14.9 Å². The maximum absolute atomic E-state index is 5.76. The predicted octanol–water partition coefficient (Wildman–Crippen LogP) is 2.13. The van der Waals surface area contributed by atoms with Crippen molar-refractivity contribution in [2.24, 2.45) is 5.41 Å². The largest absolute Gasteiger partial charge is 0.368 e. The van der Waals surface area contributed by atoms with E-state index in [9.17, 15) is 0 Å². The van der Waals surface area contributed by atoms with Gasteiger partial charge < -0.3 is 10.2 Å². The van der Waals surface area contributed by atoms with Crippen LogP contribution in [0.15, 0.2) is 12.4 Å². The first-order valence-electron chi connectivity index (χ1n) is 5.25. The van der Waals surface area contributed by atoms with Gasteiger partial charge in [0, 0.05) is 13.1 Å². The summed E-state index contributed by atoms with van der Waals surface area (Å²) in [4.78, 5) is 10.3. The third kappa shape index (κ3) is 4.77. The van der Waals surface area contributed by atoms with E-state index in [1.54, 1.807) is 6.20 Å². The van der Waals surface area contributed by atoms with E-state index < -0.39 is 0 Å². The standard InChI is InChI=1S/C11H19ClN4/c1-11(2,8-16(3)4)7-14-10-6-13-5-9(12)15-10/h5-6H,7-8H2,1-4H3,(H,14,15). The molecule has 4 nitrogen and oxygen atoms in total. The molecular weight excluding hydrogens is 224 g/mol. The molecule has 0 aliphatic heterocycles. The molecule has 0 spiro atoms. The van der Waals surface area contributed by atoms with E-state index in [1.165, 1.54) is 6.20 Å². The lowest BCUT2D eigenvalue weighted by Crippen LogP contribution is -2.34. The molecule has 0 aliphatic carbocycles. The molecule has 0 fully saturated rings. The van der Waals surface area contributed by atoms with Gasteiger partial charge in [-0.1, -0.05) is 25.4 Å². The Kier molecular flexibility index (Phi) is 4.50. The first-order valence-corrected chi connectivity index (χ1v) is 5.63. The molecule has 1 aromatic rings. The highest BCUT2D eigenvalue weighted by Crippen LogP contribution is 2.17. The van der Waals surface area contributed by atoms with Gasteiger partial charge in [-0.15, -0.1) is 0 Å². The quantitative estimate of drug-likeness (QED) is 0.859. The Hall–Kier alpha value is -0.870. The SMILES string of the molecule is CN(C)CC(C)(C)CNc1cncc(Cl)n1. The second-order valence-electron chi connectivity index (χ2n) is 4.98. The number of hydrogen-bond acceptors (Lipinski definition) is 4. The summed E-state index contributed by atoms with van der Waals surface area (Å²) in [5, 5.41) is 3.66. The Morgan fingerprint density at radius 2 is 2.06 bits per heavy atom. The third-order valence-electron chi connectivity index (χ3n) is 2.10. The van der Waals surface area contributed by atoms with Crippen LogP contribution in [0.5, 0.6) is 0 Å². The molecule has 0 amide bonds. The molecule has 0 bridgehead atoms. The summed E-state index contributed by atoms with van der Waals surface area (Å²) in [6, 6.07) is 0. The number of nitrogens with one attached hydrogen (secondary N) is 1. The van der Waals surface area contributed by atoms with Crippen molar-refractivity contribution in [1.29, 1.82) is 0 Å². The van der Waals surface area contributed by atoms with Crippen molar-refractivity contribution in [3.63, 3.8) is 0 Å². The van der Waals surface area contributed by atoms with Crippen LogP contribution in [0.2, 0.25) is 5.15 Å². The lowest BCUT2D eigenvalue weighted by molar-refractivity contribution is 0.254. The van der Waals surface area contributed by atoms with Crippen molar-refractivity contribution < 1.29 is 0 Å². The number of rotatable bonds is 5. The van der Waals surface area contributed by atoms with Gasteiger partial charge in [-0.05, 0) is 19.5 Å². The Bertz CT molecular complexity index is 339. The summed E-state index contributed by atoms with van der Waals surface area (Å²) in [5.41, 5.74) is 0.174. The van der Waals surface area contributed by atoms with Crippen LogP contribution in [0.1, 0.15) is 13.8 Å². The molecule has 1 rings (SSSR count). The van der Waals surface area contributed by atoms with Crippen LogP contribution < -0.4 is 5.32 Å². The minimum absolute atomic E-state index is 0.174. The van der Waals surface area contributed by atoms with Crippen molar-refractivity contribution in [2.45, 2.75) is 13.8 Å². The number of nitrogens with zero attached hydrogens (tertiary/aromatic N) is 3. The zero-order valence-corrected chi connectivity index (χ0v) is 11.0.